The summed E-state index contributed by atoms with van der Waals surface area (Å²) in [5.41, 5.74) is 0.0237. The number of ether oxygens (including phenoxy) is 1. The van der Waals surface area contributed by atoms with Gasteiger partial charge >= 0.3 is 5.97 Å². The van der Waals surface area contributed by atoms with Gasteiger partial charge in [0.05, 0.1) is 12.5 Å². The molecule has 2 heteroatoms. The van der Waals surface area contributed by atoms with Crippen molar-refractivity contribution in [1.82, 2.24) is 0 Å². The van der Waals surface area contributed by atoms with Crippen molar-refractivity contribution in [3.63, 3.8) is 0 Å². The van der Waals surface area contributed by atoms with E-state index in [1.807, 2.05) is 0 Å². The lowest BCUT2D eigenvalue weighted by molar-refractivity contribution is -0.164. The molecule has 2 nitrogen and oxygen atoms in total. The predicted octanol–water partition coefficient (Wildman–Crippen LogP) is 2.09. The average molecular weight is 218 g/mol. The summed E-state index contributed by atoms with van der Waals surface area (Å²) in [7, 11) is 1.60. The van der Waals surface area contributed by atoms with Crippen LogP contribution in [0.5, 0.6) is 0 Å². The van der Waals surface area contributed by atoms with Crippen molar-refractivity contribution >= 4 is 5.97 Å². The summed E-state index contributed by atoms with van der Waals surface area (Å²) in [6.07, 6.45) is 5.47. The predicted molar refractivity (Wildman–Crippen MR) is 57.3 cm³/mol. The smallest absolute Gasteiger partial charge is 0.312 e. The van der Waals surface area contributed by atoms with Gasteiger partial charge in [-0.3, -0.25) is 4.79 Å². The molecule has 6 unspecified atom stereocenters. The molecule has 6 fully saturated rings. The molecule has 0 saturated heterocycles. The second-order valence-electron chi connectivity index (χ2n) is 6.80. The molecule has 0 spiro atoms. The zero-order chi connectivity index (χ0) is 10.7. The number of rotatable bonds is 1. The van der Waals surface area contributed by atoms with Crippen LogP contribution in [-0.4, -0.2) is 13.1 Å². The number of carbonyl (C=O) groups is 1. The first-order valence-corrected chi connectivity index (χ1v) is 6.90. The fraction of sp³-hybridized carbons (Fsp3) is 0.929. The van der Waals surface area contributed by atoms with E-state index in [2.05, 4.69) is 0 Å². The van der Waals surface area contributed by atoms with Gasteiger partial charge in [-0.2, -0.15) is 0 Å². The minimum Gasteiger partial charge on any atom is -0.469 e. The molecule has 0 aromatic heterocycles. The molecule has 0 aromatic carbocycles. The first kappa shape index (κ1) is 8.54. The molecule has 6 saturated carbocycles. The summed E-state index contributed by atoms with van der Waals surface area (Å²) >= 11 is 0. The van der Waals surface area contributed by atoms with Crippen LogP contribution in [0.2, 0.25) is 0 Å². The van der Waals surface area contributed by atoms with Gasteiger partial charge in [0.2, 0.25) is 0 Å². The molecule has 6 atom stereocenters. The molecule has 8 bridgehead atoms. The SMILES string of the molecule is COC(=O)C12C3CCC4C3C3C(CCC31)C42. The highest BCUT2D eigenvalue weighted by molar-refractivity contribution is 5.81. The van der Waals surface area contributed by atoms with Crippen LogP contribution in [0.1, 0.15) is 25.7 Å². The Morgan fingerprint density at radius 2 is 1.62 bits per heavy atom. The van der Waals surface area contributed by atoms with Gasteiger partial charge in [0.15, 0.2) is 0 Å². The first-order valence-electron chi connectivity index (χ1n) is 6.90. The van der Waals surface area contributed by atoms with Crippen molar-refractivity contribution in [3.8, 4) is 0 Å². The van der Waals surface area contributed by atoms with E-state index in [1.54, 1.807) is 7.11 Å². The quantitative estimate of drug-likeness (QED) is 0.630. The molecule has 0 radical (unpaired) electrons. The Morgan fingerprint density at radius 1 is 1.06 bits per heavy atom. The number of carbonyl (C=O) groups excluding carboxylic acids is 1. The van der Waals surface area contributed by atoms with Crippen LogP contribution in [0, 0.1) is 46.8 Å². The zero-order valence-electron chi connectivity index (χ0n) is 9.69. The molecular weight excluding hydrogens is 200 g/mol. The van der Waals surface area contributed by atoms with Crippen molar-refractivity contribution in [2.24, 2.45) is 46.8 Å². The average Bonchev–Trinajstić information content (AvgIpc) is 3.05. The van der Waals surface area contributed by atoms with E-state index in [1.165, 1.54) is 25.7 Å². The Morgan fingerprint density at radius 3 is 2.12 bits per heavy atom. The highest BCUT2D eigenvalue weighted by atomic mass is 16.5. The summed E-state index contributed by atoms with van der Waals surface area (Å²) in [5.74, 6) is 6.05. The third kappa shape index (κ3) is 0.520. The summed E-state index contributed by atoms with van der Waals surface area (Å²) in [5, 5.41) is 0. The van der Waals surface area contributed by atoms with E-state index in [-0.39, 0.29) is 11.4 Å². The third-order valence-corrected chi connectivity index (χ3v) is 7.22. The van der Waals surface area contributed by atoms with Gasteiger partial charge in [0.1, 0.15) is 0 Å². The number of esters is 1. The second-order valence-corrected chi connectivity index (χ2v) is 6.80. The molecule has 0 aliphatic heterocycles. The van der Waals surface area contributed by atoms with Crippen LogP contribution in [0.4, 0.5) is 0 Å². The van der Waals surface area contributed by atoms with Gasteiger partial charge < -0.3 is 4.74 Å². The summed E-state index contributed by atoms with van der Waals surface area (Å²) in [6.45, 7) is 0. The van der Waals surface area contributed by atoms with Crippen molar-refractivity contribution in [3.05, 3.63) is 0 Å². The van der Waals surface area contributed by atoms with Crippen molar-refractivity contribution < 1.29 is 9.53 Å². The highest BCUT2D eigenvalue weighted by Crippen LogP contribution is 2.87. The molecule has 86 valence electrons. The summed E-state index contributed by atoms with van der Waals surface area (Å²) in [4.78, 5) is 12.4. The Kier molecular flexibility index (Phi) is 1.18. The van der Waals surface area contributed by atoms with Crippen LogP contribution < -0.4 is 0 Å². The van der Waals surface area contributed by atoms with Gasteiger partial charge in [0.25, 0.3) is 0 Å². The maximum absolute atomic E-state index is 12.4. The molecule has 6 rings (SSSR count). The van der Waals surface area contributed by atoms with Crippen molar-refractivity contribution in [1.29, 1.82) is 0 Å². The Balaban J connectivity index is 1.76. The van der Waals surface area contributed by atoms with Crippen LogP contribution in [0.3, 0.4) is 0 Å². The maximum Gasteiger partial charge on any atom is 0.312 e. The molecule has 0 amide bonds. The lowest BCUT2D eigenvalue weighted by Crippen LogP contribution is -2.47. The minimum absolute atomic E-state index is 0.0237. The van der Waals surface area contributed by atoms with Crippen molar-refractivity contribution in [2.45, 2.75) is 25.7 Å². The van der Waals surface area contributed by atoms with Crippen molar-refractivity contribution in [2.75, 3.05) is 7.11 Å². The Bertz CT molecular complexity index is 376. The third-order valence-electron chi connectivity index (χ3n) is 7.22. The van der Waals surface area contributed by atoms with E-state index in [0.717, 1.165) is 41.4 Å². The minimum atomic E-state index is 0.0237. The molecule has 16 heavy (non-hydrogen) atoms. The largest absolute Gasteiger partial charge is 0.469 e. The second kappa shape index (κ2) is 2.21. The fourth-order valence-electron chi connectivity index (χ4n) is 7.58. The monoisotopic (exact) mass is 218 g/mol. The van der Waals surface area contributed by atoms with Gasteiger partial charge in [-0.05, 0) is 67.1 Å². The fourth-order valence-corrected chi connectivity index (χ4v) is 7.58. The van der Waals surface area contributed by atoms with Crippen LogP contribution in [0.15, 0.2) is 0 Å². The van der Waals surface area contributed by atoms with Gasteiger partial charge in [-0.1, -0.05) is 0 Å². The van der Waals surface area contributed by atoms with Crippen LogP contribution >= 0.6 is 0 Å². The number of hydrogen-bond acceptors (Lipinski definition) is 2. The zero-order valence-corrected chi connectivity index (χ0v) is 9.69. The molecule has 0 N–H and O–H groups in total. The van der Waals surface area contributed by atoms with Crippen LogP contribution in [-0.2, 0) is 9.53 Å². The number of methoxy groups -OCH3 is 1. The molecule has 0 aromatic rings. The Hall–Kier alpha value is -0.530. The normalized spacial score (nSPS) is 67.2. The molecular formula is C14H18O2. The lowest BCUT2D eigenvalue weighted by atomic mass is 9.59. The Labute approximate surface area is 95.7 Å². The highest BCUT2D eigenvalue weighted by Gasteiger charge is 2.86. The van der Waals surface area contributed by atoms with Crippen LogP contribution in [0.25, 0.3) is 0 Å². The van der Waals surface area contributed by atoms with Gasteiger partial charge in [0, 0.05) is 0 Å². The molecule has 6 aliphatic carbocycles. The van der Waals surface area contributed by atoms with E-state index in [4.69, 9.17) is 4.74 Å². The standard InChI is InChI=1S/C14H18O2/c1-16-13(15)14-8-4-2-6-10(8)11-7(12(6)14)3-5-9(11)14/h6-12H,2-5H2,1H3. The van der Waals surface area contributed by atoms with E-state index in [0.29, 0.717) is 0 Å². The van der Waals surface area contributed by atoms with Gasteiger partial charge in [-0.25, -0.2) is 0 Å². The topological polar surface area (TPSA) is 26.3 Å². The summed E-state index contributed by atoms with van der Waals surface area (Å²) < 4.78 is 5.22. The van der Waals surface area contributed by atoms with E-state index >= 15 is 0 Å². The number of hydrogen-bond donors (Lipinski definition) is 0. The molecule has 6 aliphatic rings. The van der Waals surface area contributed by atoms with E-state index in [9.17, 15) is 4.79 Å². The summed E-state index contributed by atoms with van der Waals surface area (Å²) in [6, 6.07) is 0. The maximum atomic E-state index is 12.4. The lowest BCUT2D eigenvalue weighted by Gasteiger charge is -2.44. The molecule has 0 heterocycles. The van der Waals surface area contributed by atoms with Gasteiger partial charge in [-0.15, -0.1) is 0 Å². The van der Waals surface area contributed by atoms with E-state index < -0.39 is 0 Å². The first-order chi connectivity index (χ1) is 7.81.